The normalized spacial score (nSPS) is 13.5. The third-order valence-electron chi connectivity index (χ3n) is 2.55. The maximum atomic E-state index is 11.2. The molecule has 4 nitrogen and oxygen atoms in total. The van der Waals surface area contributed by atoms with Gasteiger partial charge in [0.2, 0.25) is 0 Å². The average molecular weight is 257 g/mol. The van der Waals surface area contributed by atoms with E-state index in [1.165, 1.54) is 0 Å². The van der Waals surface area contributed by atoms with Crippen LogP contribution in [0.15, 0.2) is 30.3 Å². The minimum absolute atomic E-state index is 0.116. The van der Waals surface area contributed by atoms with Gasteiger partial charge in [0.05, 0.1) is 11.9 Å². The molecule has 0 bridgehead atoms. The molecular formula is C12H19NO3S. The Balaban J connectivity index is 2.28. The fraction of sp³-hybridized carbons (Fsp3) is 0.500. The van der Waals surface area contributed by atoms with Gasteiger partial charge in [-0.2, -0.15) is 0 Å². The zero-order valence-electron chi connectivity index (χ0n) is 9.96. The van der Waals surface area contributed by atoms with Crippen molar-refractivity contribution in [1.29, 1.82) is 0 Å². The smallest absolute Gasteiger partial charge is 0.151 e. The zero-order valence-corrected chi connectivity index (χ0v) is 10.8. The Morgan fingerprint density at radius 1 is 1.29 bits per heavy atom. The molecule has 1 aromatic rings. The number of hydrogen-bond donors (Lipinski definition) is 2. The third-order valence-corrected chi connectivity index (χ3v) is 4.26. The van der Waals surface area contributed by atoms with Gasteiger partial charge in [-0.3, -0.25) is 0 Å². The maximum Gasteiger partial charge on any atom is 0.151 e. The van der Waals surface area contributed by atoms with E-state index >= 15 is 0 Å². The SMILES string of the molecule is CCS(=O)(=O)CCNCC(O)c1ccccc1. The Kier molecular flexibility index (Phi) is 5.61. The van der Waals surface area contributed by atoms with E-state index in [4.69, 9.17) is 0 Å². The fourth-order valence-corrected chi connectivity index (χ4v) is 2.15. The molecule has 0 radical (unpaired) electrons. The summed E-state index contributed by atoms with van der Waals surface area (Å²) in [5, 5.41) is 12.7. The summed E-state index contributed by atoms with van der Waals surface area (Å²) >= 11 is 0. The molecule has 96 valence electrons. The van der Waals surface area contributed by atoms with E-state index in [0.29, 0.717) is 13.1 Å². The minimum Gasteiger partial charge on any atom is -0.387 e. The number of aliphatic hydroxyl groups is 1. The lowest BCUT2D eigenvalue weighted by Gasteiger charge is -2.11. The second-order valence-corrected chi connectivity index (χ2v) is 6.34. The van der Waals surface area contributed by atoms with E-state index in [0.717, 1.165) is 5.56 Å². The van der Waals surface area contributed by atoms with E-state index in [-0.39, 0.29) is 11.5 Å². The number of rotatable bonds is 7. The molecule has 0 spiro atoms. The molecule has 0 aliphatic carbocycles. The summed E-state index contributed by atoms with van der Waals surface area (Å²) < 4.78 is 22.4. The predicted molar refractivity (Wildman–Crippen MR) is 68.6 cm³/mol. The van der Waals surface area contributed by atoms with E-state index in [1.807, 2.05) is 30.3 Å². The van der Waals surface area contributed by atoms with E-state index < -0.39 is 15.9 Å². The lowest BCUT2D eigenvalue weighted by molar-refractivity contribution is 0.175. The van der Waals surface area contributed by atoms with Crippen LogP contribution in [-0.2, 0) is 9.84 Å². The van der Waals surface area contributed by atoms with Crippen molar-refractivity contribution in [2.24, 2.45) is 0 Å². The molecule has 0 saturated carbocycles. The van der Waals surface area contributed by atoms with E-state index in [1.54, 1.807) is 6.92 Å². The number of sulfone groups is 1. The first kappa shape index (κ1) is 14.2. The highest BCUT2D eigenvalue weighted by atomic mass is 32.2. The molecule has 2 N–H and O–H groups in total. The Hall–Kier alpha value is -0.910. The Bertz CT molecular complexity index is 417. The van der Waals surface area contributed by atoms with Crippen LogP contribution in [0.2, 0.25) is 0 Å². The fourth-order valence-electron chi connectivity index (χ4n) is 1.40. The highest BCUT2D eigenvalue weighted by molar-refractivity contribution is 7.91. The van der Waals surface area contributed by atoms with Crippen LogP contribution in [0.3, 0.4) is 0 Å². The van der Waals surface area contributed by atoms with Gasteiger partial charge < -0.3 is 10.4 Å². The van der Waals surface area contributed by atoms with Gasteiger partial charge in [-0.25, -0.2) is 8.42 Å². The van der Waals surface area contributed by atoms with Crippen LogP contribution in [0, 0.1) is 0 Å². The lowest BCUT2D eigenvalue weighted by Crippen LogP contribution is -2.27. The predicted octanol–water partition coefficient (Wildman–Crippen LogP) is 0.744. The first-order valence-corrected chi connectivity index (χ1v) is 7.51. The zero-order chi connectivity index (χ0) is 12.7. The monoisotopic (exact) mass is 257 g/mol. The molecule has 0 heterocycles. The standard InChI is InChI=1S/C12H19NO3S/c1-2-17(15,16)9-8-13-10-12(14)11-6-4-3-5-7-11/h3-7,12-14H,2,8-10H2,1H3. The van der Waals surface area contributed by atoms with Crippen LogP contribution in [0.5, 0.6) is 0 Å². The molecule has 0 saturated heterocycles. The molecule has 0 aliphatic rings. The first-order chi connectivity index (χ1) is 8.05. The molecule has 0 aromatic heterocycles. The first-order valence-electron chi connectivity index (χ1n) is 5.69. The second kappa shape index (κ2) is 6.74. The van der Waals surface area contributed by atoms with Crippen LogP contribution in [0.1, 0.15) is 18.6 Å². The Labute approximate surface area is 103 Å². The van der Waals surface area contributed by atoms with Crippen molar-refractivity contribution in [3.63, 3.8) is 0 Å². The highest BCUT2D eigenvalue weighted by Crippen LogP contribution is 2.10. The number of aliphatic hydroxyl groups excluding tert-OH is 1. The van der Waals surface area contributed by atoms with Gasteiger partial charge >= 0.3 is 0 Å². The van der Waals surface area contributed by atoms with Crippen molar-refractivity contribution >= 4 is 9.84 Å². The number of benzene rings is 1. The molecule has 0 aliphatic heterocycles. The van der Waals surface area contributed by atoms with Crippen LogP contribution >= 0.6 is 0 Å². The van der Waals surface area contributed by atoms with Crippen molar-refractivity contribution in [3.8, 4) is 0 Å². The van der Waals surface area contributed by atoms with Crippen LogP contribution in [0.25, 0.3) is 0 Å². The van der Waals surface area contributed by atoms with Crippen LogP contribution < -0.4 is 5.32 Å². The van der Waals surface area contributed by atoms with Gasteiger partial charge in [-0.1, -0.05) is 37.3 Å². The average Bonchev–Trinajstić information content (AvgIpc) is 2.35. The molecule has 1 aromatic carbocycles. The van der Waals surface area contributed by atoms with Crippen molar-refractivity contribution in [3.05, 3.63) is 35.9 Å². The lowest BCUT2D eigenvalue weighted by atomic mass is 10.1. The minimum atomic E-state index is -2.93. The number of nitrogens with one attached hydrogen (secondary N) is 1. The summed E-state index contributed by atoms with van der Waals surface area (Å²) in [5.41, 5.74) is 0.832. The molecule has 1 rings (SSSR count). The largest absolute Gasteiger partial charge is 0.387 e. The Morgan fingerprint density at radius 3 is 2.53 bits per heavy atom. The van der Waals surface area contributed by atoms with E-state index in [9.17, 15) is 13.5 Å². The Morgan fingerprint density at radius 2 is 1.94 bits per heavy atom. The molecular weight excluding hydrogens is 238 g/mol. The van der Waals surface area contributed by atoms with Crippen LogP contribution in [0.4, 0.5) is 0 Å². The second-order valence-electron chi connectivity index (χ2n) is 3.87. The maximum absolute atomic E-state index is 11.2. The summed E-state index contributed by atoms with van der Waals surface area (Å²) in [6, 6.07) is 9.29. The molecule has 0 amide bonds. The van der Waals surface area contributed by atoms with Crippen LogP contribution in [-0.4, -0.2) is 38.1 Å². The topological polar surface area (TPSA) is 66.4 Å². The quantitative estimate of drug-likeness (QED) is 0.707. The summed E-state index contributed by atoms with van der Waals surface area (Å²) in [5.74, 6) is 0.279. The molecule has 1 unspecified atom stereocenters. The summed E-state index contributed by atoms with van der Waals surface area (Å²) in [6.45, 7) is 2.37. The van der Waals surface area contributed by atoms with Crippen molar-refractivity contribution in [2.45, 2.75) is 13.0 Å². The molecule has 17 heavy (non-hydrogen) atoms. The molecule has 1 atom stereocenters. The van der Waals surface area contributed by atoms with Crippen molar-refractivity contribution in [1.82, 2.24) is 5.32 Å². The van der Waals surface area contributed by atoms with Gasteiger partial charge in [0.25, 0.3) is 0 Å². The molecule has 0 fully saturated rings. The van der Waals surface area contributed by atoms with Gasteiger partial charge in [0.15, 0.2) is 9.84 Å². The summed E-state index contributed by atoms with van der Waals surface area (Å²) in [6.07, 6.45) is -0.597. The molecule has 5 heteroatoms. The van der Waals surface area contributed by atoms with Crippen molar-refractivity contribution in [2.75, 3.05) is 24.6 Å². The van der Waals surface area contributed by atoms with Gasteiger partial charge in [0.1, 0.15) is 0 Å². The summed E-state index contributed by atoms with van der Waals surface area (Å²) in [7, 11) is -2.93. The van der Waals surface area contributed by atoms with Gasteiger partial charge in [0, 0.05) is 18.8 Å². The number of hydrogen-bond acceptors (Lipinski definition) is 4. The highest BCUT2D eigenvalue weighted by Gasteiger charge is 2.08. The summed E-state index contributed by atoms with van der Waals surface area (Å²) in [4.78, 5) is 0. The van der Waals surface area contributed by atoms with Gasteiger partial charge in [-0.15, -0.1) is 0 Å². The van der Waals surface area contributed by atoms with Crippen molar-refractivity contribution < 1.29 is 13.5 Å². The van der Waals surface area contributed by atoms with Gasteiger partial charge in [-0.05, 0) is 5.56 Å². The third kappa shape index (κ3) is 5.30. The van der Waals surface area contributed by atoms with E-state index in [2.05, 4.69) is 5.32 Å².